The summed E-state index contributed by atoms with van der Waals surface area (Å²) >= 11 is 0. The molecule has 3 unspecified atom stereocenters. The maximum atomic E-state index is 11.9. The molecule has 0 amide bonds. The van der Waals surface area contributed by atoms with Crippen molar-refractivity contribution in [2.24, 2.45) is 5.92 Å². The second-order valence-corrected chi connectivity index (χ2v) is 5.76. The zero-order valence-electron chi connectivity index (χ0n) is 9.28. The molecule has 0 radical (unpaired) electrons. The third-order valence-corrected chi connectivity index (χ3v) is 4.83. The quantitative estimate of drug-likeness (QED) is 0.676. The molecule has 1 saturated carbocycles. The van der Waals surface area contributed by atoms with Crippen LogP contribution in [0.15, 0.2) is 0 Å². The van der Waals surface area contributed by atoms with Gasteiger partial charge in [-0.05, 0) is 19.3 Å². The summed E-state index contributed by atoms with van der Waals surface area (Å²) in [4.78, 5) is 0. The van der Waals surface area contributed by atoms with Gasteiger partial charge >= 0.3 is 0 Å². The van der Waals surface area contributed by atoms with E-state index >= 15 is 0 Å². The molecule has 3 nitrogen and oxygen atoms in total. The minimum Gasteiger partial charge on any atom is -0.385 e. The van der Waals surface area contributed by atoms with E-state index in [0.29, 0.717) is 12.4 Å². The van der Waals surface area contributed by atoms with Crippen LogP contribution < -0.4 is 0 Å². The van der Waals surface area contributed by atoms with Crippen LogP contribution in [-0.4, -0.2) is 28.9 Å². The van der Waals surface area contributed by atoms with Crippen molar-refractivity contribution >= 4 is 10.8 Å². The molecule has 0 saturated heterocycles. The van der Waals surface area contributed by atoms with Gasteiger partial charge in [-0.2, -0.15) is 5.26 Å². The zero-order chi connectivity index (χ0) is 11.1. The topological polar surface area (TPSA) is 50.1 Å². The maximum Gasteiger partial charge on any atom is 0.0668 e. The smallest absolute Gasteiger partial charge is 0.0668 e. The van der Waals surface area contributed by atoms with Gasteiger partial charge in [0.25, 0.3) is 0 Å². The van der Waals surface area contributed by atoms with Gasteiger partial charge in [-0.3, -0.25) is 4.21 Å². The largest absolute Gasteiger partial charge is 0.385 e. The highest BCUT2D eigenvalue weighted by Crippen LogP contribution is 2.28. The van der Waals surface area contributed by atoms with Gasteiger partial charge < -0.3 is 4.74 Å². The number of nitrogens with zero attached hydrogens (tertiary/aromatic N) is 1. The van der Waals surface area contributed by atoms with E-state index in [9.17, 15) is 4.21 Å². The van der Waals surface area contributed by atoms with Crippen molar-refractivity contribution in [2.45, 2.75) is 37.4 Å². The van der Waals surface area contributed by atoms with Crippen molar-refractivity contribution in [3.63, 3.8) is 0 Å². The average molecular weight is 229 g/mol. The molecular weight excluding hydrogens is 210 g/mol. The van der Waals surface area contributed by atoms with E-state index in [-0.39, 0.29) is 11.2 Å². The van der Waals surface area contributed by atoms with Crippen LogP contribution in [0.5, 0.6) is 0 Å². The van der Waals surface area contributed by atoms with E-state index in [1.807, 2.05) is 0 Å². The molecule has 86 valence electrons. The van der Waals surface area contributed by atoms with Crippen LogP contribution in [0.25, 0.3) is 0 Å². The lowest BCUT2D eigenvalue weighted by Gasteiger charge is -2.25. The summed E-state index contributed by atoms with van der Waals surface area (Å²) in [6.45, 7) is 0.662. The molecule has 0 N–H and O–H groups in total. The molecule has 0 aromatic carbocycles. The van der Waals surface area contributed by atoms with Crippen LogP contribution in [0, 0.1) is 17.2 Å². The molecule has 0 spiro atoms. The molecule has 3 atom stereocenters. The van der Waals surface area contributed by atoms with Crippen molar-refractivity contribution in [1.29, 1.82) is 5.26 Å². The van der Waals surface area contributed by atoms with Gasteiger partial charge in [0.2, 0.25) is 0 Å². The Labute approximate surface area is 94.3 Å². The SMILES string of the molecule is COCCCS(=O)C1CCCCC1C#N. The summed E-state index contributed by atoms with van der Waals surface area (Å²) in [6, 6.07) is 2.30. The average Bonchev–Trinajstić information content (AvgIpc) is 2.29. The normalized spacial score (nSPS) is 28.3. The lowest BCUT2D eigenvalue weighted by molar-refractivity contribution is 0.199. The van der Waals surface area contributed by atoms with E-state index in [0.717, 1.165) is 32.1 Å². The number of ether oxygens (including phenoxy) is 1. The second kappa shape index (κ2) is 6.97. The number of methoxy groups -OCH3 is 1. The Morgan fingerprint density at radius 1 is 1.47 bits per heavy atom. The third kappa shape index (κ3) is 3.92. The molecule has 0 aromatic heterocycles. The monoisotopic (exact) mass is 229 g/mol. The van der Waals surface area contributed by atoms with Crippen LogP contribution in [0.2, 0.25) is 0 Å². The Morgan fingerprint density at radius 3 is 2.87 bits per heavy atom. The van der Waals surface area contributed by atoms with E-state index < -0.39 is 10.8 Å². The number of hydrogen-bond acceptors (Lipinski definition) is 3. The Bertz CT molecular complexity index is 249. The molecule has 1 rings (SSSR count). The number of rotatable bonds is 5. The summed E-state index contributed by atoms with van der Waals surface area (Å²) in [6.07, 6.45) is 4.95. The molecular formula is C11H19NO2S. The van der Waals surface area contributed by atoms with E-state index in [1.165, 1.54) is 0 Å². The first kappa shape index (κ1) is 12.7. The fourth-order valence-electron chi connectivity index (χ4n) is 2.06. The zero-order valence-corrected chi connectivity index (χ0v) is 10.1. The van der Waals surface area contributed by atoms with Crippen molar-refractivity contribution in [2.75, 3.05) is 19.5 Å². The molecule has 4 heteroatoms. The van der Waals surface area contributed by atoms with Crippen LogP contribution in [0.4, 0.5) is 0 Å². The van der Waals surface area contributed by atoms with Crippen molar-refractivity contribution < 1.29 is 8.95 Å². The minimum absolute atomic E-state index is 0.0159. The summed E-state index contributed by atoms with van der Waals surface area (Å²) in [5.74, 6) is 0.693. The Morgan fingerprint density at radius 2 is 2.20 bits per heavy atom. The fourth-order valence-corrected chi connectivity index (χ4v) is 3.75. The van der Waals surface area contributed by atoms with Crippen molar-refractivity contribution in [1.82, 2.24) is 0 Å². The lowest BCUT2D eigenvalue weighted by Crippen LogP contribution is -2.29. The predicted octanol–water partition coefficient (Wildman–Crippen LogP) is 1.85. The standard InChI is InChI=1S/C11H19NO2S/c1-14-7-4-8-15(13)11-6-3-2-5-10(11)9-12/h10-11H,2-8H2,1H3. The summed E-state index contributed by atoms with van der Waals surface area (Å²) in [5, 5.41) is 9.08. The van der Waals surface area contributed by atoms with Gasteiger partial charge in [0.1, 0.15) is 0 Å². The van der Waals surface area contributed by atoms with E-state index in [1.54, 1.807) is 7.11 Å². The number of nitriles is 1. The van der Waals surface area contributed by atoms with Gasteiger partial charge in [0, 0.05) is 30.3 Å². The molecule has 1 aliphatic rings. The Kier molecular flexibility index (Phi) is 5.89. The van der Waals surface area contributed by atoms with Gasteiger partial charge in [0.05, 0.1) is 17.2 Å². The Hall–Kier alpha value is -0.400. The third-order valence-electron chi connectivity index (χ3n) is 2.90. The summed E-state index contributed by atoms with van der Waals surface area (Å²) in [7, 11) is 0.814. The maximum absolute atomic E-state index is 11.9. The first-order valence-electron chi connectivity index (χ1n) is 5.55. The first-order valence-corrected chi connectivity index (χ1v) is 6.93. The van der Waals surface area contributed by atoms with Gasteiger partial charge in [-0.15, -0.1) is 0 Å². The van der Waals surface area contributed by atoms with E-state index in [4.69, 9.17) is 10.00 Å². The lowest BCUT2D eigenvalue weighted by atomic mass is 9.90. The molecule has 0 aliphatic heterocycles. The molecule has 0 aromatic rings. The fraction of sp³-hybridized carbons (Fsp3) is 0.909. The summed E-state index contributed by atoms with van der Waals surface area (Å²) < 4.78 is 16.9. The Balaban J connectivity index is 2.39. The molecule has 0 bridgehead atoms. The highest BCUT2D eigenvalue weighted by molar-refractivity contribution is 7.85. The molecule has 0 heterocycles. The molecule has 15 heavy (non-hydrogen) atoms. The van der Waals surface area contributed by atoms with Crippen LogP contribution in [-0.2, 0) is 15.5 Å². The van der Waals surface area contributed by atoms with Crippen molar-refractivity contribution in [3.8, 4) is 6.07 Å². The highest BCUT2D eigenvalue weighted by atomic mass is 32.2. The van der Waals surface area contributed by atoms with Crippen molar-refractivity contribution in [3.05, 3.63) is 0 Å². The first-order chi connectivity index (χ1) is 7.29. The molecule has 1 fully saturated rings. The van der Waals surface area contributed by atoms with Gasteiger partial charge in [-0.1, -0.05) is 12.8 Å². The van der Waals surface area contributed by atoms with Crippen LogP contribution >= 0.6 is 0 Å². The van der Waals surface area contributed by atoms with Crippen LogP contribution in [0.3, 0.4) is 0 Å². The highest BCUT2D eigenvalue weighted by Gasteiger charge is 2.29. The molecule has 1 aliphatic carbocycles. The van der Waals surface area contributed by atoms with Crippen LogP contribution in [0.1, 0.15) is 32.1 Å². The van der Waals surface area contributed by atoms with Gasteiger partial charge in [0.15, 0.2) is 0 Å². The number of hydrogen-bond donors (Lipinski definition) is 0. The summed E-state index contributed by atoms with van der Waals surface area (Å²) in [5.41, 5.74) is 0. The van der Waals surface area contributed by atoms with Gasteiger partial charge in [-0.25, -0.2) is 0 Å². The second-order valence-electron chi connectivity index (χ2n) is 3.99. The van der Waals surface area contributed by atoms with E-state index in [2.05, 4.69) is 6.07 Å². The minimum atomic E-state index is -0.840. The predicted molar refractivity (Wildman–Crippen MR) is 60.9 cm³/mol.